The minimum absolute atomic E-state index is 0.0459. The predicted octanol–water partition coefficient (Wildman–Crippen LogP) is 5.10. The van der Waals surface area contributed by atoms with E-state index in [-0.39, 0.29) is 12.1 Å². The van der Waals surface area contributed by atoms with Crippen molar-refractivity contribution in [1.29, 1.82) is 0 Å². The van der Waals surface area contributed by atoms with Gasteiger partial charge in [-0.3, -0.25) is 9.69 Å². The van der Waals surface area contributed by atoms with Crippen LogP contribution in [-0.4, -0.2) is 86.5 Å². The number of hydrogen-bond donors (Lipinski definition) is 3. The fourth-order valence-electron chi connectivity index (χ4n) is 6.56. The van der Waals surface area contributed by atoms with E-state index in [9.17, 15) is 0 Å². The van der Waals surface area contributed by atoms with Crippen molar-refractivity contribution in [2.24, 2.45) is 0 Å². The summed E-state index contributed by atoms with van der Waals surface area (Å²) in [5.74, 6) is 0.521. The number of para-hydroxylation sites is 1. The number of nitrogens with two attached hydrogens (primary N) is 1. The van der Waals surface area contributed by atoms with Gasteiger partial charge in [0.2, 0.25) is 0 Å². The Morgan fingerprint density at radius 3 is 2.48 bits per heavy atom. The molecule has 0 amide bonds. The van der Waals surface area contributed by atoms with Crippen molar-refractivity contribution >= 4 is 40.1 Å². The van der Waals surface area contributed by atoms with E-state index < -0.39 is 5.97 Å². The SMILES string of the molecule is CC(=O)O.CN1CCN(C2CCC(n3nc(-c4ccc(N[C@@H]5COc6ccccc65)c(Cl)c4)c4c(N)ncnc43)CC2)CC1. The van der Waals surface area contributed by atoms with Gasteiger partial charge in [-0.1, -0.05) is 35.9 Å². The molecule has 232 valence electrons. The van der Waals surface area contributed by atoms with Gasteiger partial charge in [0, 0.05) is 50.3 Å². The van der Waals surface area contributed by atoms with Crippen LogP contribution in [0.2, 0.25) is 5.02 Å². The number of hydrogen-bond acceptors (Lipinski definition) is 9. The number of rotatable bonds is 5. The lowest BCUT2D eigenvalue weighted by Gasteiger charge is -2.41. The van der Waals surface area contributed by atoms with E-state index >= 15 is 0 Å². The first-order chi connectivity index (χ1) is 21.3. The molecule has 3 aliphatic rings. The quantitative estimate of drug-likeness (QED) is 0.277. The number of aromatic nitrogens is 4. The molecule has 11 nitrogen and oxygen atoms in total. The zero-order chi connectivity index (χ0) is 30.8. The third-order valence-electron chi connectivity index (χ3n) is 8.86. The van der Waals surface area contributed by atoms with Crippen LogP contribution in [0.5, 0.6) is 5.75 Å². The summed E-state index contributed by atoms with van der Waals surface area (Å²) in [6.45, 7) is 6.29. The van der Waals surface area contributed by atoms with E-state index in [1.807, 2.05) is 36.4 Å². The third-order valence-corrected chi connectivity index (χ3v) is 9.17. The molecule has 12 heteroatoms. The van der Waals surface area contributed by atoms with E-state index in [1.54, 1.807) is 0 Å². The Bertz CT molecular complexity index is 1630. The Labute approximate surface area is 262 Å². The topological polar surface area (TPSA) is 135 Å². The van der Waals surface area contributed by atoms with E-state index in [0.29, 0.717) is 23.5 Å². The molecule has 2 aromatic carbocycles. The molecule has 2 fully saturated rings. The van der Waals surface area contributed by atoms with Gasteiger partial charge >= 0.3 is 0 Å². The van der Waals surface area contributed by atoms with Crippen LogP contribution in [0.3, 0.4) is 0 Å². The highest BCUT2D eigenvalue weighted by molar-refractivity contribution is 6.33. The zero-order valence-electron chi connectivity index (χ0n) is 25.1. The van der Waals surface area contributed by atoms with Crippen LogP contribution in [-0.2, 0) is 4.79 Å². The molecule has 44 heavy (non-hydrogen) atoms. The van der Waals surface area contributed by atoms with E-state index in [0.717, 1.165) is 85.2 Å². The molecule has 1 atom stereocenters. The molecule has 4 N–H and O–H groups in total. The van der Waals surface area contributed by atoms with Crippen LogP contribution in [0.15, 0.2) is 48.8 Å². The Balaban J connectivity index is 0.000000810. The van der Waals surface area contributed by atoms with Gasteiger partial charge in [-0.05, 0) is 50.9 Å². The smallest absolute Gasteiger partial charge is 0.300 e. The number of nitrogen functional groups attached to an aromatic ring is 1. The summed E-state index contributed by atoms with van der Waals surface area (Å²) in [6.07, 6.45) is 6.03. The van der Waals surface area contributed by atoms with Crippen LogP contribution in [0, 0.1) is 0 Å². The number of nitrogens with zero attached hydrogens (tertiary/aromatic N) is 6. The number of carboxylic acids is 1. The van der Waals surface area contributed by atoms with Gasteiger partial charge in [-0.25, -0.2) is 14.6 Å². The predicted molar refractivity (Wildman–Crippen MR) is 172 cm³/mol. The lowest BCUT2D eigenvalue weighted by atomic mass is 9.90. The van der Waals surface area contributed by atoms with Crippen LogP contribution < -0.4 is 15.8 Å². The number of carboxylic acid groups (broad SMARTS) is 1. The summed E-state index contributed by atoms with van der Waals surface area (Å²) in [4.78, 5) is 23.0. The molecule has 0 unspecified atom stereocenters. The standard InChI is InChI=1S/C30H35ClN8O.C2H4O2/c1-37-12-14-38(15-13-37)20-7-9-21(10-8-20)39-30-27(29(32)33-18-34-30)28(36-39)19-6-11-24(23(31)16-19)35-25-17-40-26-5-3-2-4-22(25)26;1-2(3)4/h2-6,11,16,18,20-21,25,35H,7-10,12-15,17H2,1H3,(H2,32,33,34);1H3,(H,3,4)/t20?,21?,25-;/m1./s1. The highest BCUT2D eigenvalue weighted by Crippen LogP contribution is 2.40. The van der Waals surface area contributed by atoms with Crippen molar-refractivity contribution in [3.63, 3.8) is 0 Å². The first-order valence-electron chi connectivity index (χ1n) is 15.2. The van der Waals surface area contributed by atoms with E-state index in [2.05, 4.69) is 42.9 Å². The molecular weight excluding hydrogens is 580 g/mol. The summed E-state index contributed by atoms with van der Waals surface area (Å²) < 4.78 is 7.93. The van der Waals surface area contributed by atoms with E-state index in [4.69, 9.17) is 37.1 Å². The number of benzene rings is 2. The van der Waals surface area contributed by atoms with Crippen LogP contribution in [0.1, 0.15) is 50.3 Å². The Morgan fingerprint density at radius 1 is 1.05 bits per heavy atom. The van der Waals surface area contributed by atoms with Gasteiger partial charge in [-0.2, -0.15) is 5.10 Å². The largest absolute Gasteiger partial charge is 0.491 e. The molecular formula is C32H39ClN8O3. The molecule has 2 aliphatic heterocycles. The van der Waals surface area contributed by atoms with Crippen LogP contribution in [0.25, 0.3) is 22.3 Å². The number of likely N-dealkylation sites (N-methyl/N-ethyl adjacent to an activating group) is 1. The van der Waals surface area contributed by atoms with Crippen molar-refractivity contribution in [2.45, 2.75) is 50.7 Å². The van der Waals surface area contributed by atoms with Crippen LogP contribution >= 0.6 is 11.6 Å². The monoisotopic (exact) mass is 618 g/mol. The molecule has 4 aromatic rings. The van der Waals surface area contributed by atoms with Crippen molar-refractivity contribution < 1.29 is 14.6 Å². The highest BCUT2D eigenvalue weighted by atomic mass is 35.5. The lowest BCUT2D eigenvalue weighted by molar-refractivity contribution is -0.134. The molecule has 0 spiro atoms. The second-order valence-electron chi connectivity index (χ2n) is 11.8. The van der Waals surface area contributed by atoms with Gasteiger partial charge in [0.15, 0.2) is 5.65 Å². The first kappa shape index (κ1) is 30.1. The Kier molecular flexibility index (Phi) is 8.88. The maximum absolute atomic E-state index is 9.00. The maximum atomic E-state index is 9.00. The fourth-order valence-corrected chi connectivity index (χ4v) is 6.79. The number of halogens is 1. The minimum Gasteiger partial charge on any atom is -0.491 e. The summed E-state index contributed by atoms with van der Waals surface area (Å²) in [6, 6.07) is 15.1. The summed E-state index contributed by atoms with van der Waals surface area (Å²) in [7, 11) is 2.21. The molecule has 7 rings (SSSR count). The molecule has 2 aromatic heterocycles. The lowest BCUT2D eigenvalue weighted by Crippen LogP contribution is -2.49. The molecule has 1 aliphatic carbocycles. The van der Waals surface area contributed by atoms with Gasteiger partial charge in [-0.15, -0.1) is 0 Å². The van der Waals surface area contributed by atoms with E-state index in [1.165, 1.54) is 19.2 Å². The summed E-state index contributed by atoms with van der Waals surface area (Å²) >= 11 is 6.82. The molecule has 1 saturated heterocycles. The molecule has 4 heterocycles. The fraction of sp³-hybridized carbons (Fsp3) is 0.438. The summed E-state index contributed by atoms with van der Waals surface area (Å²) in [5, 5.41) is 17.5. The summed E-state index contributed by atoms with van der Waals surface area (Å²) in [5.41, 5.74) is 10.9. The number of anilines is 2. The number of fused-ring (bicyclic) bond motifs is 2. The third kappa shape index (κ3) is 6.31. The Morgan fingerprint density at radius 2 is 1.75 bits per heavy atom. The Hall–Kier alpha value is -3.93. The van der Waals surface area contributed by atoms with Gasteiger partial charge in [0.1, 0.15) is 30.2 Å². The van der Waals surface area contributed by atoms with Gasteiger partial charge in [0.25, 0.3) is 5.97 Å². The normalized spacial score (nSPS) is 22.1. The average molecular weight is 619 g/mol. The van der Waals surface area contributed by atoms with Gasteiger partial charge in [0.05, 0.1) is 28.2 Å². The highest BCUT2D eigenvalue weighted by Gasteiger charge is 2.31. The second-order valence-corrected chi connectivity index (χ2v) is 12.2. The number of piperazine rings is 1. The molecule has 0 radical (unpaired) electrons. The van der Waals surface area contributed by atoms with Gasteiger partial charge < -0.3 is 25.8 Å². The zero-order valence-corrected chi connectivity index (χ0v) is 25.9. The van der Waals surface area contributed by atoms with Crippen molar-refractivity contribution in [3.05, 3.63) is 59.4 Å². The van der Waals surface area contributed by atoms with Crippen molar-refractivity contribution in [1.82, 2.24) is 29.5 Å². The van der Waals surface area contributed by atoms with Crippen LogP contribution in [0.4, 0.5) is 11.5 Å². The number of aliphatic carboxylic acids is 1. The average Bonchev–Trinajstić information content (AvgIpc) is 3.61. The first-order valence-corrected chi connectivity index (χ1v) is 15.5. The van der Waals surface area contributed by atoms with Crippen molar-refractivity contribution in [3.8, 4) is 17.0 Å². The number of carbonyl (C=O) groups is 1. The maximum Gasteiger partial charge on any atom is 0.300 e. The molecule has 0 bridgehead atoms. The number of nitrogens with one attached hydrogen (secondary N) is 1. The van der Waals surface area contributed by atoms with Crippen molar-refractivity contribution in [2.75, 3.05) is 50.9 Å². The number of ether oxygens (including phenoxy) is 1. The minimum atomic E-state index is -0.833. The molecule has 1 saturated carbocycles. The second kappa shape index (κ2) is 13.0.